The fraction of sp³-hybridized carbons (Fsp3) is 0.500. The van der Waals surface area contributed by atoms with Gasteiger partial charge in [-0.1, -0.05) is 0 Å². The Kier molecular flexibility index (Phi) is 3.01. The predicted molar refractivity (Wildman–Crippen MR) is 66.5 cm³/mol. The first-order chi connectivity index (χ1) is 9.06. The van der Waals surface area contributed by atoms with Crippen LogP contribution in [-0.4, -0.2) is 28.9 Å². The summed E-state index contributed by atoms with van der Waals surface area (Å²) in [5, 5.41) is 0. The molecular weight excluding hydrogens is 250 g/mol. The second-order valence-electron chi connectivity index (χ2n) is 5.46. The lowest BCUT2D eigenvalue weighted by atomic mass is 9.97. The minimum absolute atomic E-state index is 0.145. The molecule has 0 aliphatic carbocycles. The van der Waals surface area contributed by atoms with Crippen molar-refractivity contribution < 1.29 is 13.6 Å². The summed E-state index contributed by atoms with van der Waals surface area (Å²) in [7, 11) is 0. The first-order valence-corrected chi connectivity index (χ1v) is 6.59. The summed E-state index contributed by atoms with van der Waals surface area (Å²) in [6, 6.07) is 3.76. The van der Waals surface area contributed by atoms with Gasteiger partial charge < -0.3 is 10.6 Å². The minimum Gasteiger partial charge on any atom is -0.333 e. The van der Waals surface area contributed by atoms with Crippen LogP contribution in [0.5, 0.6) is 0 Å². The highest BCUT2D eigenvalue weighted by molar-refractivity contribution is 5.95. The zero-order chi connectivity index (χ0) is 13.6. The molecule has 0 saturated carbocycles. The van der Waals surface area contributed by atoms with E-state index in [1.165, 1.54) is 6.07 Å². The van der Waals surface area contributed by atoms with Gasteiger partial charge in [0.25, 0.3) is 5.91 Å². The third kappa shape index (κ3) is 2.12. The maximum absolute atomic E-state index is 13.2. The van der Waals surface area contributed by atoms with Gasteiger partial charge in [-0.15, -0.1) is 0 Å². The zero-order valence-corrected chi connectivity index (χ0v) is 10.5. The normalized spacial score (nSPS) is 29.6. The molecule has 2 N–H and O–H groups in total. The zero-order valence-electron chi connectivity index (χ0n) is 10.5. The number of fused-ring (bicyclic) bond motifs is 2. The summed E-state index contributed by atoms with van der Waals surface area (Å²) in [4.78, 5) is 14.2. The van der Waals surface area contributed by atoms with Crippen LogP contribution in [0, 0.1) is 11.6 Å². The third-order valence-corrected chi connectivity index (χ3v) is 4.17. The second-order valence-corrected chi connectivity index (χ2v) is 5.46. The Morgan fingerprint density at radius 3 is 2.37 bits per heavy atom. The van der Waals surface area contributed by atoms with Gasteiger partial charge in [0.15, 0.2) is 11.6 Å². The SMILES string of the molecule is NC1CC2CCC(C1)N2C(=O)c1ccc(F)c(F)c1. The van der Waals surface area contributed by atoms with Gasteiger partial charge in [0.2, 0.25) is 0 Å². The first-order valence-electron chi connectivity index (χ1n) is 6.59. The Hall–Kier alpha value is -1.49. The van der Waals surface area contributed by atoms with Crippen molar-refractivity contribution in [2.75, 3.05) is 0 Å². The monoisotopic (exact) mass is 266 g/mol. The van der Waals surface area contributed by atoms with Crippen LogP contribution in [0.3, 0.4) is 0 Å². The molecule has 1 aromatic rings. The molecular formula is C14H16F2N2O. The third-order valence-electron chi connectivity index (χ3n) is 4.17. The van der Waals surface area contributed by atoms with Crippen molar-refractivity contribution in [2.24, 2.45) is 5.73 Å². The molecule has 2 unspecified atom stereocenters. The highest BCUT2D eigenvalue weighted by Gasteiger charge is 2.42. The summed E-state index contributed by atoms with van der Waals surface area (Å²) in [6.07, 6.45) is 3.50. The van der Waals surface area contributed by atoms with Crippen LogP contribution in [0.2, 0.25) is 0 Å². The van der Waals surface area contributed by atoms with E-state index in [1.54, 1.807) is 0 Å². The molecule has 102 valence electrons. The summed E-state index contributed by atoms with van der Waals surface area (Å²) in [5.74, 6) is -2.12. The molecule has 2 saturated heterocycles. The number of nitrogens with zero attached hydrogens (tertiary/aromatic N) is 1. The quantitative estimate of drug-likeness (QED) is 0.845. The van der Waals surface area contributed by atoms with Crippen molar-refractivity contribution >= 4 is 5.91 Å². The molecule has 3 nitrogen and oxygen atoms in total. The van der Waals surface area contributed by atoms with E-state index in [-0.39, 0.29) is 29.6 Å². The summed E-state index contributed by atoms with van der Waals surface area (Å²) in [6.45, 7) is 0. The van der Waals surface area contributed by atoms with E-state index in [0.29, 0.717) is 0 Å². The van der Waals surface area contributed by atoms with Crippen molar-refractivity contribution in [1.82, 2.24) is 4.90 Å². The van der Waals surface area contributed by atoms with E-state index >= 15 is 0 Å². The standard InChI is InChI=1S/C14H16F2N2O/c15-12-4-1-8(5-13(12)16)14(19)18-10-2-3-11(18)7-9(17)6-10/h1,4-5,9-11H,2-3,6-7,17H2. The van der Waals surface area contributed by atoms with Gasteiger partial charge in [-0.3, -0.25) is 4.79 Å². The number of hydrogen-bond acceptors (Lipinski definition) is 2. The summed E-state index contributed by atoms with van der Waals surface area (Å²) >= 11 is 0. The van der Waals surface area contributed by atoms with E-state index in [9.17, 15) is 13.6 Å². The number of benzene rings is 1. The minimum atomic E-state index is -0.980. The van der Waals surface area contributed by atoms with Crippen LogP contribution < -0.4 is 5.73 Å². The fourth-order valence-corrected chi connectivity index (χ4v) is 3.33. The van der Waals surface area contributed by atoms with E-state index in [1.807, 2.05) is 4.90 Å². The van der Waals surface area contributed by atoms with Gasteiger partial charge in [0.1, 0.15) is 0 Å². The van der Waals surface area contributed by atoms with Crippen molar-refractivity contribution in [3.8, 4) is 0 Å². The maximum atomic E-state index is 13.2. The molecule has 2 aliphatic heterocycles. The van der Waals surface area contributed by atoms with Crippen LogP contribution in [0.4, 0.5) is 8.78 Å². The predicted octanol–water partition coefficient (Wildman–Crippen LogP) is 2.06. The van der Waals surface area contributed by atoms with Crippen molar-refractivity contribution in [2.45, 2.75) is 43.8 Å². The number of rotatable bonds is 1. The van der Waals surface area contributed by atoms with Crippen LogP contribution in [0.1, 0.15) is 36.0 Å². The molecule has 1 aromatic carbocycles. The molecule has 0 spiro atoms. The Morgan fingerprint density at radius 2 is 1.79 bits per heavy atom. The molecule has 2 aliphatic rings. The van der Waals surface area contributed by atoms with Crippen molar-refractivity contribution in [3.63, 3.8) is 0 Å². The second kappa shape index (κ2) is 4.56. The lowest BCUT2D eigenvalue weighted by Crippen LogP contribution is -2.50. The topological polar surface area (TPSA) is 46.3 Å². The van der Waals surface area contributed by atoms with Crippen LogP contribution in [0.15, 0.2) is 18.2 Å². The van der Waals surface area contributed by atoms with E-state index in [0.717, 1.165) is 37.8 Å². The highest BCUT2D eigenvalue weighted by atomic mass is 19.2. The number of carbonyl (C=O) groups is 1. The molecule has 3 rings (SSSR count). The van der Waals surface area contributed by atoms with Gasteiger partial charge in [-0.2, -0.15) is 0 Å². The Balaban J connectivity index is 1.86. The Labute approximate surface area is 110 Å². The molecule has 2 bridgehead atoms. The summed E-state index contributed by atoms with van der Waals surface area (Å²) < 4.78 is 26.1. The average molecular weight is 266 g/mol. The van der Waals surface area contributed by atoms with Crippen molar-refractivity contribution in [1.29, 1.82) is 0 Å². The Bertz CT molecular complexity index is 506. The fourth-order valence-electron chi connectivity index (χ4n) is 3.33. The smallest absolute Gasteiger partial charge is 0.254 e. The van der Waals surface area contributed by atoms with Gasteiger partial charge in [-0.05, 0) is 43.9 Å². The number of piperidine rings is 1. The molecule has 0 radical (unpaired) electrons. The Morgan fingerprint density at radius 1 is 1.16 bits per heavy atom. The number of amides is 1. The van der Waals surface area contributed by atoms with Gasteiger partial charge in [-0.25, -0.2) is 8.78 Å². The summed E-state index contributed by atoms with van der Waals surface area (Å²) in [5.41, 5.74) is 6.17. The van der Waals surface area contributed by atoms with E-state index in [4.69, 9.17) is 5.73 Å². The maximum Gasteiger partial charge on any atom is 0.254 e. The van der Waals surface area contributed by atoms with Gasteiger partial charge in [0, 0.05) is 23.7 Å². The number of carbonyl (C=O) groups excluding carboxylic acids is 1. The molecule has 1 amide bonds. The average Bonchev–Trinajstić information content (AvgIpc) is 2.64. The van der Waals surface area contributed by atoms with E-state index < -0.39 is 11.6 Å². The molecule has 2 atom stereocenters. The van der Waals surface area contributed by atoms with Gasteiger partial charge >= 0.3 is 0 Å². The lowest BCUT2D eigenvalue weighted by Gasteiger charge is -2.37. The van der Waals surface area contributed by atoms with Crippen molar-refractivity contribution in [3.05, 3.63) is 35.4 Å². The van der Waals surface area contributed by atoms with E-state index in [2.05, 4.69) is 0 Å². The number of hydrogen-bond donors (Lipinski definition) is 1. The van der Waals surface area contributed by atoms with Crippen LogP contribution in [-0.2, 0) is 0 Å². The molecule has 5 heteroatoms. The number of nitrogens with two attached hydrogens (primary N) is 1. The van der Waals surface area contributed by atoms with Gasteiger partial charge in [0.05, 0.1) is 0 Å². The molecule has 19 heavy (non-hydrogen) atoms. The molecule has 2 fully saturated rings. The van der Waals surface area contributed by atoms with Crippen LogP contribution >= 0.6 is 0 Å². The first kappa shape index (κ1) is 12.5. The molecule has 0 aromatic heterocycles. The lowest BCUT2D eigenvalue weighted by molar-refractivity contribution is 0.0574. The highest BCUT2D eigenvalue weighted by Crippen LogP contribution is 2.36. The van der Waals surface area contributed by atoms with Crippen LogP contribution in [0.25, 0.3) is 0 Å². The molecule has 2 heterocycles. The number of halogens is 2. The largest absolute Gasteiger partial charge is 0.333 e.